The first kappa shape index (κ1) is 21.9. The van der Waals surface area contributed by atoms with Gasteiger partial charge in [-0.15, -0.1) is 0 Å². The molecule has 1 aromatic heterocycles. The van der Waals surface area contributed by atoms with Crippen LogP contribution in [0.3, 0.4) is 0 Å². The molecule has 0 saturated heterocycles. The van der Waals surface area contributed by atoms with Crippen molar-refractivity contribution < 1.29 is 26.0 Å². The van der Waals surface area contributed by atoms with Crippen molar-refractivity contribution in [1.29, 1.82) is 0 Å². The van der Waals surface area contributed by atoms with E-state index in [0.29, 0.717) is 16.7 Å². The van der Waals surface area contributed by atoms with E-state index in [1.54, 1.807) is 36.4 Å². The molecule has 0 bridgehead atoms. The third-order valence-electron chi connectivity index (χ3n) is 4.79. The third kappa shape index (κ3) is 4.49. The first-order chi connectivity index (χ1) is 15.0. The summed E-state index contributed by atoms with van der Waals surface area (Å²) in [6, 6.07) is 16.9. The summed E-state index contributed by atoms with van der Waals surface area (Å²) in [6.07, 6.45) is 3.66. The highest BCUT2D eigenvalue weighted by molar-refractivity contribution is 7.91. The summed E-state index contributed by atoms with van der Waals surface area (Å²) in [6.45, 7) is 0. The summed E-state index contributed by atoms with van der Waals surface area (Å²) in [5, 5.41) is 0.651. The molecule has 9 heteroatoms. The fourth-order valence-electron chi connectivity index (χ4n) is 3.37. The van der Waals surface area contributed by atoms with E-state index in [9.17, 15) is 21.2 Å². The molecule has 0 aliphatic carbocycles. The Morgan fingerprint density at radius 3 is 2.28 bits per heavy atom. The fraction of sp³-hybridized carbons (Fsp3) is 0.0870. The van der Waals surface area contributed by atoms with Crippen LogP contribution in [0.2, 0.25) is 0 Å². The molecule has 4 rings (SSSR count). The van der Waals surface area contributed by atoms with Gasteiger partial charge in [0.05, 0.1) is 15.3 Å². The molecule has 0 radical (unpaired) electrons. The van der Waals surface area contributed by atoms with Crippen LogP contribution in [-0.2, 0) is 19.7 Å². The molecular weight excluding hydrogens is 453 g/mol. The lowest BCUT2D eigenvalue weighted by molar-refractivity contribution is 0.474. The second kappa shape index (κ2) is 7.99. The van der Waals surface area contributed by atoms with Gasteiger partial charge in [0.15, 0.2) is 19.7 Å². The van der Waals surface area contributed by atoms with Crippen LogP contribution in [-0.4, -0.2) is 34.3 Å². The van der Waals surface area contributed by atoms with Crippen molar-refractivity contribution in [3.05, 3.63) is 78.7 Å². The standard InChI is InChI=1S/C23H18FNO5S2/c1-31(26,27)19-13-16(24)12-18(14-19)30-17-6-3-5-15(11-17)20-9-10-25-23-21(20)7-4-8-22(23)32(2,28)29/h3-14H,1-2H3. The van der Waals surface area contributed by atoms with E-state index in [-0.39, 0.29) is 15.5 Å². The van der Waals surface area contributed by atoms with E-state index in [2.05, 4.69) is 4.98 Å². The zero-order valence-electron chi connectivity index (χ0n) is 17.1. The Hall–Kier alpha value is -3.30. The van der Waals surface area contributed by atoms with E-state index in [0.717, 1.165) is 35.8 Å². The summed E-state index contributed by atoms with van der Waals surface area (Å²) in [5.74, 6) is -0.328. The van der Waals surface area contributed by atoms with Crippen LogP contribution >= 0.6 is 0 Å². The Kier molecular flexibility index (Phi) is 5.47. The number of hydrogen-bond acceptors (Lipinski definition) is 6. The van der Waals surface area contributed by atoms with E-state index >= 15 is 0 Å². The Morgan fingerprint density at radius 1 is 0.812 bits per heavy atom. The Morgan fingerprint density at radius 2 is 1.56 bits per heavy atom. The second-order valence-corrected chi connectivity index (χ2v) is 11.3. The van der Waals surface area contributed by atoms with Gasteiger partial charge in [-0.25, -0.2) is 21.2 Å². The topological polar surface area (TPSA) is 90.4 Å². The molecule has 0 atom stereocenters. The molecule has 0 fully saturated rings. The van der Waals surface area contributed by atoms with Gasteiger partial charge in [-0.1, -0.05) is 24.3 Å². The van der Waals surface area contributed by atoms with Gasteiger partial charge < -0.3 is 4.74 Å². The highest BCUT2D eigenvalue weighted by Gasteiger charge is 2.16. The molecule has 0 spiro atoms. The summed E-state index contributed by atoms with van der Waals surface area (Å²) in [7, 11) is -7.08. The lowest BCUT2D eigenvalue weighted by Gasteiger charge is -2.12. The average molecular weight is 472 g/mol. The number of para-hydroxylation sites is 1. The molecule has 0 aliphatic heterocycles. The number of aromatic nitrogens is 1. The van der Waals surface area contributed by atoms with Crippen LogP contribution in [0, 0.1) is 5.82 Å². The SMILES string of the molecule is CS(=O)(=O)c1cc(F)cc(Oc2cccc(-c3ccnc4c(S(C)(=O)=O)cccc34)c2)c1. The Bertz CT molecular complexity index is 1560. The Balaban J connectivity index is 1.79. The molecule has 1 heterocycles. The minimum Gasteiger partial charge on any atom is -0.457 e. The molecule has 6 nitrogen and oxygen atoms in total. The number of rotatable bonds is 5. The van der Waals surface area contributed by atoms with Gasteiger partial charge in [0.25, 0.3) is 0 Å². The normalized spacial score (nSPS) is 12.1. The molecule has 0 amide bonds. The van der Waals surface area contributed by atoms with Gasteiger partial charge in [-0.2, -0.15) is 0 Å². The molecule has 164 valence electrons. The average Bonchev–Trinajstić information content (AvgIpc) is 2.71. The van der Waals surface area contributed by atoms with Crippen molar-refractivity contribution in [3.63, 3.8) is 0 Å². The zero-order chi connectivity index (χ0) is 23.1. The largest absolute Gasteiger partial charge is 0.457 e. The van der Waals surface area contributed by atoms with Gasteiger partial charge >= 0.3 is 0 Å². The van der Waals surface area contributed by atoms with Gasteiger partial charge in [-0.3, -0.25) is 4.98 Å². The fourth-order valence-corrected chi connectivity index (χ4v) is 4.87. The number of pyridine rings is 1. The molecule has 3 aromatic carbocycles. The lowest BCUT2D eigenvalue weighted by atomic mass is 10.0. The van der Waals surface area contributed by atoms with E-state index in [1.807, 2.05) is 6.07 Å². The smallest absolute Gasteiger partial charge is 0.177 e. The van der Waals surface area contributed by atoms with Crippen molar-refractivity contribution in [2.75, 3.05) is 12.5 Å². The summed E-state index contributed by atoms with van der Waals surface area (Å²) in [4.78, 5) is 4.21. The predicted octanol–water partition coefficient (Wildman–Crippen LogP) is 4.64. The zero-order valence-corrected chi connectivity index (χ0v) is 18.7. The maximum atomic E-state index is 13.9. The molecule has 32 heavy (non-hydrogen) atoms. The third-order valence-corrected chi connectivity index (χ3v) is 7.01. The maximum absolute atomic E-state index is 13.9. The van der Waals surface area contributed by atoms with E-state index in [1.165, 1.54) is 18.3 Å². The summed E-state index contributed by atoms with van der Waals surface area (Å²) >= 11 is 0. The van der Waals surface area contributed by atoms with Gasteiger partial charge in [-0.05, 0) is 47.5 Å². The van der Waals surface area contributed by atoms with Gasteiger partial charge in [0.2, 0.25) is 0 Å². The number of benzene rings is 3. The van der Waals surface area contributed by atoms with E-state index < -0.39 is 25.5 Å². The highest BCUT2D eigenvalue weighted by Crippen LogP contribution is 2.34. The van der Waals surface area contributed by atoms with Crippen LogP contribution in [0.1, 0.15) is 0 Å². The van der Waals surface area contributed by atoms with Crippen molar-refractivity contribution in [1.82, 2.24) is 4.98 Å². The molecule has 0 saturated carbocycles. The van der Waals surface area contributed by atoms with Crippen molar-refractivity contribution in [2.24, 2.45) is 0 Å². The minimum absolute atomic E-state index is 0.0431. The van der Waals surface area contributed by atoms with Gasteiger partial charge in [0, 0.05) is 30.2 Å². The second-order valence-electron chi connectivity index (χ2n) is 7.31. The number of ether oxygens (including phenoxy) is 1. The number of halogens is 1. The predicted molar refractivity (Wildman–Crippen MR) is 120 cm³/mol. The van der Waals surface area contributed by atoms with Crippen LogP contribution in [0.25, 0.3) is 22.0 Å². The first-order valence-corrected chi connectivity index (χ1v) is 13.2. The van der Waals surface area contributed by atoms with Crippen molar-refractivity contribution in [2.45, 2.75) is 9.79 Å². The van der Waals surface area contributed by atoms with Gasteiger partial charge in [0.1, 0.15) is 17.3 Å². The molecule has 4 aromatic rings. The highest BCUT2D eigenvalue weighted by atomic mass is 32.2. The molecular formula is C23H18FNO5S2. The van der Waals surface area contributed by atoms with E-state index in [4.69, 9.17) is 4.74 Å². The molecule has 0 aliphatic rings. The Labute approximate surface area is 185 Å². The van der Waals surface area contributed by atoms with Crippen molar-refractivity contribution >= 4 is 30.6 Å². The first-order valence-electron chi connectivity index (χ1n) is 9.39. The van der Waals surface area contributed by atoms with Crippen LogP contribution < -0.4 is 4.74 Å². The summed E-state index contributed by atoms with van der Waals surface area (Å²) < 4.78 is 67.5. The number of fused-ring (bicyclic) bond motifs is 1. The lowest BCUT2D eigenvalue weighted by Crippen LogP contribution is -1.99. The number of nitrogens with zero attached hydrogens (tertiary/aromatic N) is 1. The van der Waals surface area contributed by atoms with Crippen LogP contribution in [0.4, 0.5) is 4.39 Å². The quantitative estimate of drug-likeness (QED) is 0.421. The number of hydrogen-bond donors (Lipinski definition) is 0. The molecule has 0 N–H and O–H groups in total. The monoisotopic (exact) mass is 471 g/mol. The van der Waals surface area contributed by atoms with Crippen LogP contribution in [0.5, 0.6) is 11.5 Å². The van der Waals surface area contributed by atoms with Crippen molar-refractivity contribution in [3.8, 4) is 22.6 Å². The summed E-state index contributed by atoms with van der Waals surface area (Å²) in [5.41, 5.74) is 1.82. The maximum Gasteiger partial charge on any atom is 0.177 e. The minimum atomic E-state index is -3.61. The van der Waals surface area contributed by atoms with Crippen LogP contribution in [0.15, 0.2) is 82.7 Å². The molecule has 0 unspecified atom stereocenters. The number of sulfone groups is 2.